The minimum absolute atomic E-state index is 0.00531. The second kappa shape index (κ2) is 10.5. The molecule has 208 valence electrons. The molecule has 4 rings (SSSR count). The minimum atomic E-state index is -1.17. The molecule has 1 aliphatic carbocycles. The predicted octanol–water partition coefficient (Wildman–Crippen LogP) is 1.49. The second-order valence-corrected chi connectivity index (χ2v) is 11.3. The summed E-state index contributed by atoms with van der Waals surface area (Å²) >= 11 is 0. The number of nitrogens with one attached hydrogen (secondary N) is 3. The average Bonchev–Trinajstić information content (AvgIpc) is 3.17. The van der Waals surface area contributed by atoms with Gasteiger partial charge in [0.15, 0.2) is 11.6 Å². The van der Waals surface area contributed by atoms with Gasteiger partial charge < -0.3 is 25.8 Å². The highest BCUT2D eigenvalue weighted by molar-refractivity contribution is 5.91. The van der Waals surface area contributed by atoms with Crippen LogP contribution in [-0.4, -0.2) is 79.2 Å². The zero-order valence-corrected chi connectivity index (χ0v) is 21.9. The number of nitrogens with zero attached hydrogens (tertiary/aromatic N) is 2. The first kappa shape index (κ1) is 27.7. The molecule has 9 nitrogen and oxygen atoms in total. The van der Waals surface area contributed by atoms with E-state index in [9.17, 15) is 32.3 Å². The van der Waals surface area contributed by atoms with Crippen molar-refractivity contribution in [2.24, 2.45) is 23.2 Å². The monoisotopic (exact) mass is 537 g/mol. The Labute approximate surface area is 219 Å². The summed E-state index contributed by atoms with van der Waals surface area (Å²) in [5.74, 6) is -5.07. The van der Waals surface area contributed by atoms with Gasteiger partial charge in [0, 0.05) is 57.7 Å². The number of fused-ring (bicyclic) bond motifs is 1. The molecule has 3 aliphatic rings. The van der Waals surface area contributed by atoms with E-state index in [0.717, 1.165) is 0 Å². The van der Waals surface area contributed by atoms with E-state index in [1.165, 1.54) is 9.80 Å². The van der Waals surface area contributed by atoms with Gasteiger partial charge in [0.05, 0.1) is 6.54 Å². The van der Waals surface area contributed by atoms with E-state index < -0.39 is 53.6 Å². The Kier molecular flexibility index (Phi) is 7.62. The fourth-order valence-corrected chi connectivity index (χ4v) is 5.91. The van der Waals surface area contributed by atoms with E-state index in [2.05, 4.69) is 16.0 Å². The van der Waals surface area contributed by atoms with E-state index in [4.69, 9.17) is 0 Å². The molecular weight excluding hydrogens is 503 g/mol. The van der Waals surface area contributed by atoms with Crippen LogP contribution in [0.4, 0.5) is 18.9 Å². The third-order valence-electron chi connectivity index (χ3n) is 8.22. The number of piperidine rings is 1. The number of likely N-dealkylation sites (tertiary alicyclic amines) is 1. The Balaban J connectivity index is 1.48. The summed E-state index contributed by atoms with van der Waals surface area (Å²) in [6, 6.07) is -0.412. The molecule has 4 amide bonds. The van der Waals surface area contributed by atoms with Gasteiger partial charge in [0.25, 0.3) is 0 Å². The highest BCUT2D eigenvalue weighted by Crippen LogP contribution is 2.64. The third-order valence-corrected chi connectivity index (χ3v) is 8.22. The van der Waals surface area contributed by atoms with Gasteiger partial charge in [-0.2, -0.15) is 0 Å². The van der Waals surface area contributed by atoms with Crippen molar-refractivity contribution < 1.29 is 32.3 Å². The summed E-state index contributed by atoms with van der Waals surface area (Å²) in [7, 11) is 3.22. The highest BCUT2D eigenvalue weighted by Gasteiger charge is 2.69. The van der Waals surface area contributed by atoms with Crippen molar-refractivity contribution in [2.45, 2.75) is 45.2 Å². The van der Waals surface area contributed by atoms with Crippen molar-refractivity contribution in [2.75, 3.05) is 39.0 Å². The van der Waals surface area contributed by atoms with E-state index in [1.54, 1.807) is 14.1 Å². The molecule has 0 bridgehead atoms. The summed E-state index contributed by atoms with van der Waals surface area (Å²) < 4.78 is 41.3. The SMILES string of the molecule is CN(C)C(=O)CC(C[C@@H]1CCNC1=O)NC(=O)C1[C@@H]2[C@H](CN1C(=O)CNc1c(F)cc(F)cc1F)C2(C)C. The topological polar surface area (TPSA) is 111 Å². The minimum Gasteiger partial charge on any atom is -0.371 e. The summed E-state index contributed by atoms with van der Waals surface area (Å²) in [6.07, 6.45) is 0.903. The molecule has 12 heteroatoms. The molecule has 2 heterocycles. The maximum Gasteiger partial charge on any atom is 0.243 e. The lowest BCUT2D eigenvalue weighted by Gasteiger charge is -2.32. The van der Waals surface area contributed by atoms with Crippen molar-refractivity contribution in [1.29, 1.82) is 0 Å². The highest BCUT2D eigenvalue weighted by atomic mass is 19.1. The second-order valence-electron chi connectivity index (χ2n) is 11.3. The number of amides is 4. The predicted molar refractivity (Wildman–Crippen MR) is 132 cm³/mol. The van der Waals surface area contributed by atoms with Crippen LogP contribution in [0.1, 0.15) is 33.1 Å². The Morgan fingerprint density at radius 3 is 2.42 bits per heavy atom. The number of carbonyl (C=O) groups excluding carboxylic acids is 4. The van der Waals surface area contributed by atoms with Crippen LogP contribution in [0.25, 0.3) is 0 Å². The summed E-state index contributed by atoms with van der Waals surface area (Å²) in [5, 5.41) is 8.08. The first-order valence-corrected chi connectivity index (χ1v) is 12.8. The molecule has 0 aromatic heterocycles. The van der Waals surface area contributed by atoms with Crippen molar-refractivity contribution in [1.82, 2.24) is 20.4 Å². The van der Waals surface area contributed by atoms with Crippen LogP contribution in [0.5, 0.6) is 0 Å². The standard InChI is InChI=1S/C26H34F3N5O4/c1-26(2)16-12-34(20(36)11-31-22-17(28)8-14(27)9-18(22)29)23(21(16)26)25(38)32-15(10-19(35)33(3)4)7-13-5-6-30-24(13)37/h8-9,13,15-16,21,23,31H,5-7,10-12H2,1-4H3,(H,30,37)(H,32,38)/t13-,15?,16-,21-,23?/m0/s1. The van der Waals surface area contributed by atoms with E-state index >= 15 is 0 Å². The van der Waals surface area contributed by atoms with E-state index in [0.29, 0.717) is 38.1 Å². The summed E-state index contributed by atoms with van der Waals surface area (Å²) in [5.41, 5.74) is -0.802. The number of rotatable bonds is 9. The van der Waals surface area contributed by atoms with Crippen LogP contribution >= 0.6 is 0 Å². The zero-order valence-electron chi connectivity index (χ0n) is 21.9. The third kappa shape index (κ3) is 5.44. The van der Waals surface area contributed by atoms with Crippen LogP contribution in [0, 0.1) is 40.6 Å². The van der Waals surface area contributed by atoms with Gasteiger partial charge in [-0.25, -0.2) is 13.2 Å². The van der Waals surface area contributed by atoms with Gasteiger partial charge in [-0.1, -0.05) is 13.8 Å². The van der Waals surface area contributed by atoms with Crippen LogP contribution in [0.2, 0.25) is 0 Å². The average molecular weight is 538 g/mol. The largest absolute Gasteiger partial charge is 0.371 e. The maximum atomic E-state index is 14.0. The van der Waals surface area contributed by atoms with Gasteiger partial charge in [0.1, 0.15) is 17.5 Å². The number of hydrogen-bond acceptors (Lipinski definition) is 5. The molecule has 38 heavy (non-hydrogen) atoms. The lowest BCUT2D eigenvalue weighted by Crippen LogP contribution is -2.54. The number of carbonyl (C=O) groups is 4. The lowest BCUT2D eigenvalue weighted by atomic mass is 9.95. The van der Waals surface area contributed by atoms with Gasteiger partial charge >= 0.3 is 0 Å². The molecular formula is C26H34F3N5O4. The Morgan fingerprint density at radius 1 is 1.18 bits per heavy atom. The smallest absolute Gasteiger partial charge is 0.243 e. The van der Waals surface area contributed by atoms with E-state index in [1.807, 2.05) is 13.8 Å². The van der Waals surface area contributed by atoms with Crippen molar-refractivity contribution in [3.8, 4) is 0 Å². The van der Waals surface area contributed by atoms with Crippen molar-refractivity contribution in [3.05, 3.63) is 29.6 Å². The molecule has 0 spiro atoms. The van der Waals surface area contributed by atoms with Gasteiger partial charge in [-0.05, 0) is 30.1 Å². The van der Waals surface area contributed by atoms with Crippen molar-refractivity contribution in [3.63, 3.8) is 0 Å². The maximum absolute atomic E-state index is 14.0. The first-order valence-electron chi connectivity index (χ1n) is 12.8. The van der Waals surface area contributed by atoms with E-state index in [-0.39, 0.29) is 41.4 Å². The molecule has 2 saturated heterocycles. The molecule has 1 saturated carbocycles. The number of hydrogen-bond donors (Lipinski definition) is 3. The van der Waals surface area contributed by atoms with Crippen LogP contribution < -0.4 is 16.0 Å². The Hall–Kier alpha value is -3.31. The van der Waals surface area contributed by atoms with Crippen LogP contribution in [0.3, 0.4) is 0 Å². The summed E-state index contributed by atoms with van der Waals surface area (Å²) in [4.78, 5) is 54.2. The molecule has 3 N–H and O–H groups in total. The zero-order chi connectivity index (χ0) is 27.9. The molecule has 2 aliphatic heterocycles. The Morgan fingerprint density at radius 2 is 1.84 bits per heavy atom. The molecule has 1 aromatic rings. The number of benzene rings is 1. The molecule has 2 unspecified atom stereocenters. The lowest BCUT2D eigenvalue weighted by molar-refractivity contribution is -0.140. The first-order chi connectivity index (χ1) is 17.8. The molecule has 3 fully saturated rings. The van der Waals surface area contributed by atoms with Gasteiger partial charge in [0.2, 0.25) is 23.6 Å². The fraction of sp³-hybridized carbons (Fsp3) is 0.615. The van der Waals surface area contributed by atoms with Gasteiger partial charge in [-0.3, -0.25) is 19.2 Å². The summed E-state index contributed by atoms with van der Waals surface area (Å²) in [6.45, 7) is 4.38. The van der Waals surface area contributed by atoms with Gasteiger partial charge in [-0.15, -0.1) is 0 Å². The normalized spacial score (nSPS) is 25.9. The molecule has 5 atom stereocenters. The number of halogens is 3. The quantitative estimate of drug-likeness (QED) is 0.442. The van der Waals surface area contributed by atoms with Crippen molar-refractivity contribution >= 4 is 29.3 Å². The Bertz CT molecular complexity index is 1120. The van der Waals surface area contributed by atoms with Crippen LogP contribution in [0.15, 0.2) is 12.1 Å². The number of anilines is 1. The van der Waals surface area contributed by atoms with Crippen LogP contribution in [-0.2, 0) is 19.2 Å². The molecule has 1 aromatic carbocycles. The fourth-order valence-electron chi connectivity index (χ4n) is 5.91. The molecule has 0 radical (unpaired) electrons.